The smallest absolute Gasteiger partial charge is 0.286 e. The average molecular weight is 224 g/mol. The molecule has 0 saturated carbocycles. The number of nitrogens with one attached hydrogen (secondary N) is 1. The summed E-state index contributed by atoms with van der Waals surface area (Å²) in [5.41, 5.74) is 8.10. The van der Waals surface area contributed by atoms with Gasteiger partial charge >= 0.3 is 0 Å². The molecule has 0 aliphatic carbocycles. The molecule has 0 unspecified atom stereocenters. The van der Waals surface area contributed by atoms with Gasteiger partial charge in [0.1, 0.15) is 5.76 Å². The van der Waals surface area contributed by atoms with E-state index >= 15 is 0 Å². The largest absolute Gasteiger partial charge is 0.456 e. The number of hydrogen-bond donors (Lipinski definition) is 2. The molecule has 0 radical (unpaired) electrons. The van der Waals surface area contributed by atoms with Crippen LogP contribution < -0.4 is 5.32 Å². The maximum Gasteiger partial charge on any atom is 0.286 e. The molecule has 1 rings (SSSR count). The molecule has 0 atom stereocenters. The lowest BCUT2D eigenvalue weighted by atomic mass is 10.4. The molecule has 7 nitrogen and oxygen atoms in total. The van der Waals surface area contributed by atoms with E-state index in [1.54, 1.807) is 6.07 Å². The van der Waals surface area contributed by atoms with Crippen molar-refractivity contribution in [1.29, 1.82) is 0 Å². The zero-order valence-electron chi connectivity index (χ0n) is 8.59. The van der Waals surface area contributed by atoms with E-state index in [1.165, 1.54) is 6.07 Å². The molecule has 16 heavy (non-hydrogen) atoms. The van der Waals surface area contributed by atoms with Gasteiger partial charge in [-0.1, -0.05) is 5.11 Å². The molecule has 0 saturated heterocycles. The first-order valence-corrected chi connectivity index (χ1v) is 4.76. The van der Waals surface area contributed by atoms with Crippen molar-refractivity contribution in [2.75, 3.05) is 13.2 Å². The van der Waals surface area contributed by atoms with Crippen molar-refractivity contribution in [3.8, 4) is 0 Å². The zero-order chi connectivity index (χ0) is 11.8. The van der Waals surface area contributed by atoms with Gasteiger partial charge < -0.3 is 14.8 Å². The standard InChI is InChI=1S/C9H12N4O3/c10-13-12-6-7-2-3-8(16-7)9(15)11-4-1-5-14/h2-3,14H,1,4-6H2,(H,11,15). The van der Waals surface area contributed by atoms with Crippen LogP contribution in [0.15, 0.2) is 21.7 Å². The van der Waals surface area contributed by atoms with Gasteiger partial charge in [-0.25, -0.2) is 0 Å². The summed E-state index contributed by atoms with van der Waals surface area (Å²) in [6, 6.07) is 3.09. The molecular weight excluding hydrogens is 212 g/mol. The highest BCUT2D eigenvalue weighted by molar-refractivity contribution is 5.91. The predicted molar refractivity (Wildman–Crippen MR) is 55.6 cm³/mol. The number of carbonyl (C=O) groups is 1. The van der Waals surface area contributed by atoms with Crippen LogP contribution in [0.5, 0.6) is 0 Å². The van der Waals surface area contributed by atoms with Crippen molar-refractivity contribution in [1.82, 2.24) is 5.32 Å². The minimum atomic E-state index is -0.347. The second-order valence-electron chi connectivity index (χ2n) is 2.99. The van der Waals surface area contributed by atoms with E-state index in [9.17, 15) is 4.79 Å². The summed E-state index contributed by atoms with van der Waals surface area (Å²) in [6.07, 6.45) is 0.498. The Balaban J connectivity index is 2.49. The SMILES string of the molecule is [N-]=[N+]=NCc1ccc(C(=O)NCCCO)o1. The highest BCUT2D eigenvalue weighted by atomic mass is 16.4. The summed E-state index contributed by atoms with van der Waals surface area (Å²) in [7, 11) is 0. The second kappa shape index (κ2) is 6.49. The summed E-state index contributed by atoms with van der Waals surface area (Å²) < 4.78 is 5.14. The molecule has 86 valence electrons. The van der Waals surface area contributed by atoms with Crippen molar-refractivity contribution < 1.29 is 14.3 Å². The lowest BCUT2D eigenvalue weighted by molar-refractivity contribution is 0.0921. The molecule has 0 aliphatic rings. The molecule has 0 aromatic carbocycles. The highest BCUT2D eigenvalue weighted by Crippen LogP contribution is 2.08. The zero-order valence-corrected chi connectivity index (χ0v) is 8.59. The molecular formula is C9H12N4O3. The number of aliphatic hydroxyl groups is 1. The molecule has 1 aromatic rings. The van der Waals surface area contributed by atoms with Gasteiger partial charge in [-0.2, -0.15) is 0 Å². The van der Waals surface area contributed by atoms with E-state index in [1.807, 2.05) is 0 Å². The summed E-state index contributed by atoms with van der Waals surface area (Å²) >= 11 is 0. The van der Waals surface area contributed by atoms with Gasteiger partial charge in [0.15, 0.2) is 5.76 Å². The van der Waals surface area contributed by atoms with E-state index in [2.05, 4.69) is 15.3 Å². The summed E-state index contributed by atoms with van der Waals surface area (Å²) in [4.78, 5) is 14.0. The maximum atomic E-state index is 11.4. The number of nitrogens with zero attached hydrogens (tertiary/aromatic N) is 3. The fourth-order valence-corrected chi connectivity index (χ4v) is 1.05. The van der Waals surface area contributed by atoms with Gasteiger partial charge in [0, 0.05) is 18.1 Å². The fraction of sp³-hybridized carbons (Fsp3) is 0.444. The fourth-order valence-electron chi connectivity index (χ4n) is 1.05. The van der Waals surface area contributed by atoms with Crippen molar-refractivity contribution in [2.45, 2.75) is 13.0 Å². The number of carbonyl (C=O) groups excluding carboxylic acids is 1. The third-order valence-electron chi connectivity index (χ3n) is 1.80. The Morgan fingerprint density at radius 3 is 3.12 bits per heavy atom. The van der Waals surface area contributed by atoms with Gasteiger partial charge in [0.25, 0.3) is 5.91 Å². The quantitative estimate of drug-likeness (QED) is 0.327. The topological polar surface area (TPSA) is 111 Å². The first-order valence-electron chi connectivity index (χ1n) is 4.76. The lowest BCUT2D eigenvalue weighted by Gasteiger charge is -2.00. The Bertz CT molecular complexity index is 395. The van der Waals surface area contributed by atoms with Crippen LogP contribution >= 0.6 is 0 Å². The average Bonchev–Trinajstić information content (AvgIpc) is 2.75. The Kier molecular flexibility index (Phi) is 4.91. The molecule has 0 bridgehead atoms. The number of rotatable bonds is 6. The van der Waals surface area contributed by atoms with Crippen LogP contribution in [0.3, 0.4) is 0 Å². The highest BCUT2D eigenvalue weighted by Gasteiger charge is 2.09. The van der Waals surface area contributed by atoms with Gasteiger partial charge in [-0.3, -0.25) is 4.79 Å². The van der Waals surface area contributed by atoms with E-state index in [4.69, 9.17) is 15.1 Å². The maximum absolute atomic E-state index is 11.4. The van der Waals surface area contributed by atoms with Crippen LogP contribution in [0.25, 0.3) is 10.4 Å². The number of hydrogen-bond acceptors (Lipinski definition) is 4. The van der Waals surface area contributed by atoms with E-state index < -0.39 is 0 Å². The Hall–Kier alpha value is -1.98. The third kappa shape index (κ3) is 3.64. The van der Waals surface area contributed by atoms with E-state index in [-0.39, 0.29) is 24.8 Å². The molecule has 0 fully saturated rings. The van der Waals surface area contributed by atoms with Gasteiger partial charge in [0.05, 0.1) is 6.54 Å². The molecule has 2 N–H and O–H groups in total. The molecule has 0 aliphatic heterocycles. The normalized spacial score (nSPS) is 9.56. The van der Waals surface area contributed by atoms with E-state index in [0.717, 1.165) is 0 Å². The van der Waals surface area contributed by atoms with Crippen LogP contribution in [0, 0.1) is 0 Å². The molecule has 1 aromatic heterocycles. The second-order valence-corrected chi connectivity index (χ2v) is 2.99. The Morgan fingerprint density at radius 1 is 1.62 bits per heavy atom. The van der Waals surface area contributed by atoms with Crippen molar-refractivity contribution in [3.63, 3.8) is 0 Å². The van der Waals surface area contributed by atoms with E-state index in [0.29, 0.717) is 18.7 Å². The van der Waals surface area contributed by atoms with Gasteiger partial charge in [-0.05, 0) is 24.1 Å². The summed E-state index contributed by atoms with van der Waals surface area (Å²) in [5, 5.41) is 14.4. The molecule has 0 spiro atoms. The molecule has 1 heterocycles. The number of amides is 1. The van der Waals surface area contributed by atoms with Gasteiger partial charge in [-0.15, -0.1) is 0 Å². The van der Waals surface area contributed by atoms with Crippen LogP contribution in [-0.4, -0.2) is 24.2 Å². The van der Waals surface area contributed by atoms with Crippen LogP contribution in [0.1, 0.15) is 22.7 Å². The van der Waals surface area contributed by atoms with Crippen molar-refractivity contribution in [2.24, 2.45) is 5.11 Å². The number of azide groups is 1. The molecule has 7 heteroatoms. The predicted octanol–water partition coefficient (Wildman–Crippen LogP) is 1.20. The summed E-state index contributed by atoms with van der Waals surface area (Å²) in [6.45, 7) is 0.503. The molecule has 1 amide bonds. The van der Waals surface area contributed by atoms with Gasteiger partial charge in [0.2, 0.25) is 0 Å². The number of aliphatic hydroxyl groups excluding tert-OH is 1. The van der Waals surface area contributed by atoms with Crippen LogP contribution in [0.4, 0.5) is 0 Å². The first kappa shape index (κ1) is 12.1. The summed E-state index contributed by atoms with van der Waals surface area (Å²) in [5.74, 6) is 0.256. The first-order chi connectivity index (χ1) is 7.77. The Labute approximate surface area is 91.7 Å². The minimum absolute atomic E-state index is 0.0283. The van der Waals surface area contributed by atoms with Crippen LogP contribution in [0.2, 0.25) is 0 Å². The third-order valence-corrected chi connectivity index (χ3v) is 1.80. The minimum Gasteiger partial charge on any atom is -0.456 e. The lowest BCUT2D eigenvalue weighted by Crippen LogP contribution is -2.24. The van der Waals surface area contributed by atoms with Crippen LogP contribution in [-0.2, 0) is 6.54 Å². The Morgan fingerprint density at radius 2 is 2.44 bits per heavy atom. The monoisotopic (exact) mass is 224 g/mol. The van der Waals surface area contributed by atoms with Crippen molar-refractivity contribution in [3.05, 3.63) is 34.1 Å². The number of furan rings is 1. The van der Waals surface area contributed by atoms with Crippen molar-refractivity contribution >= 4 is 5.91 Å².